The molecule has 0 aromatic heterocycles. The van der Waals surface area contributed by atoms with Gasteiger partial charge in [0.25, 0.3) is 0 Å². The highest BCUT2D eigenvalue weighted by Gasteiger charge is 2.25. The van der Waals surface area contributed by atoms with Crippen molar-refractivity contribution in [2.24, 2.45) is 0 Å². The van der Waals surface area contributed by atoms with Crippen LogP contribution in [0.25, 0.3) is 5.76 Å². The summed E-state index contributed by atoms with van der Waals surface area (Å²) in [7, 11) is 0. The Bertz CT molecular complexity index is 366. The van der Waals surface area contributed by atoms with Gasteiger partial charge in [-0.15, -0.1) is 0 Å². The first-order valence-corrected chi connectivity index (χ1v) is 3.49. The Balaban J connectivity index is 2.65. The first-order chi connectivity index (χ1) is 5.83. The van der Waals surface area contributed by atoms with Gasteiger partial charge in [-0.3, -0.25) is 0 Å². The van der Waals surface area contributed by atoms with Crippen LogP contribution in [0.3, 0.4) is 0 Å². The number of carbonyl (C=O) groups is 1. The number of aliphatic hydroxyl groups is 1. The summed E-state index contributed by atoms with van der Waals surface area (Å²) < 4.78 is 4.75. The Morgan fingerprint density at radius 2 is 1.92 bits per heavy atom. The average Bonchev–Trinajstić information content (AvgIpc) is 2.44. The number of rotatable bonds is 0. The number of benzene rings is 1. The zero-order valence-electron chi connectivity index (χ0n) is 6.15. The van der Waals surface area contributed by atoms with Gasteiger partial charge in [0.05, 0.1) is 5.56 Å². The van der Waals surface area contributed by atoms with Crippen molar-refractivity contribution in [2.45, 2.75) is 0 Å². The molecule has 1 heterocycles. The molecule has 0 unspecified atom stereocenters. The number of hydrogen-bond acceptors (Lipinski definition) is 3. The van der Waals surface area contributed by atoms with E-state index in [4.69, 9.17) is 9.84 Å². The van der Waals surface area contributed by atoms with Crippen molar-refractivity contribution in [3.63, 3.8) is 0 Å². The van der Waals surface area contributed by atoms with Crippen LogP contribution in [0.15, 0.2) is 30.5 Å². The van der Waals surface area contributed by atoms with Gasteiger partial charge in [0.15, 0.2) is 5.76 Å². The number of cyclic esters (lactones) is 1. The minimum absolute atomic E-state index is 0.218. The third kappa shape index (κ3) is 0.797. The number of aliphatic hydroxyl groups excluding tert-OH is 1. The molecule has 3 nitrogen and oxygen atoms in total. The van der Waals surface area contributed by atoms with E-state index in [1.165, 1.54) is 0 Å². The summed E-state index contributed by atoms with van der Waals surface area (Å²) in [6, 6.07) is 6.92. The lowest BCUT2D eigenvalue weighted by Gasteiger charge is -1.92. The third-order valence-electron chi connectivity index (χ3n) is 1.73. The number of carbonyl (C=O) groups excluding carboxylic acids is 1. The summed E-state index contributed by atoms with van der Waals surface area (Å²) in [5.74, 6) is -0.193. The molecule has 1 aromatic carbocycles. The summed E-state index contributed by atoms with van der Waals surface area (Å²) in [5.41, 5.74) is 1.14. The molecular weight excluding hydrogens is 156 g/mol. The van der Waals surface area contributed by atoms with Crippen molar-refractivity contribution in [3.05, 3.63) is 41.7 Å². The largest absolute Gasteiger partial charge is 0.512 e. The topological polar surface area (TPSA) is 46.5 Å². The minimum atomic E-state index is -0.411. The average molecular weight is 162 g/mol. The molecule has 3 heteroatoms. The SMILES string of the molecule is O=C1OC(=CO)c2ccccc21. The first kappa shape index (κ1) is 6.91. The third-order valence-corrected chi connectivity index (χ3v) is 1.73. The van der Waals surface area contributed by atoms with E-state index >= 15 is 0 Å². The fourth-order valence-corrected chi connectivity index (χ4v) is 1.18. The molecule has 0 saturated heterocycles. The van der Waals surface area contributed by atoms with Crippen LogP contribution in [0.2, 0.25) is 0 Å². The standard InChI is InChI=1S/C9H6O3/c10-5-8-6-3-1-2-4-7(6)9(11)12-8/h1-5,10H. The predicted octanol–water partition coefficient (Wildman–Crippen LogP) is 1.71. The van der Waals surface area contributed by atoms with E-state index in [1.807, 2.05) is 0 Å². The molecule has 1 aromatic rings. The van der Waals surface area contributed by atoms with Gasteiger partial charge in [0.1, 0.15) is 6.26 Å². The Morgan fingerprint density at radius 3 is 2.58 bits per heavy atom. The quantitative estimate of drug-likeness (QED) is 0.466. The highest BCUT2D eigenvalue weighted by molar-refractivity contribution is 6.02. The van der Waals surface area contributed by atoms with Gasteiger partial charge in [0.2, 0.25) is 0 Å². The molecular formula is C9H6O3. The summed E-state index contributed by atoms with van der Waals surface area (Å²) >= 11 is 0. The van der Waals surface area contributed by atoms with Gasteiger partial charge in [-0.2, -0.15) is 0 Å². The molecule has 0 saturated carbocycles. The molecule has 0 aliphatic carbocycles. The van der Waals surface area contributed by atoms with Crippen molar-refractivity contribution in [1.29, 1.82) is 0 Å². The maximum atomic E-state index is 11.1. The summed E-state index contributed by atoms with van der Waals surface area (Å²) in [4.78, 5) is 11.1. The van der Waals surface area contributed by atoms with E-state index in [-0.39, 0.29) is 5.76 Å². The van der Waals surface area contributed by atoms with Gasteiger partial charge < -0.3 is 9.84 Å². The second-order valence-electron chi connectivity index (χ2n) is 2.43. The molecule has 0 radical (unpaired) electrons. The van der Waals surface area contributed by atoms with Crippen LogP contribution in [0.1, 0.15) is 15.9 Å². The van der Waals surface area contributed by atoms with Crippen LogP contribution in [0, 0.1) is 0 Å². The van der Waals surface area contributed by atoms with Crippen LogP contribution in [-0.4, -0.2) is 11.1 Å². The van der Waals surface area contributed by atoms with E-state index in [1.54, 1.807) is 24.3 Å². The van der Waals surface area contributed by atoms with Crippen LogP contribution in [-0.2, 0) is 4.74 Å². The minimum Gasteiger partial charge on any atom is -0.512 e. The number of ether oxygens (including phenoxy) is 1. The molecule has 0 atom stereocenters. The van der Waals surface area contributed by atoms with E-state index in [0.29, 0.717) is 11.1 Å². The molecule has 0 fully saturated rings. The molecule has 12 heavy (non-hydrogen) atoms. The Morgan fingerprint density at radius 1 is 1.25 bits per heavy atom. The number of hydrogen-bond donors (Lipinski definition) is 1. The predicted molar refractivity (Wildman–Crippen MR) is 42.5 cm³/mol. The van der Waals surface area contributed by atoms with Crippen molar-refractivity contribution < 1.29 is 14.6 Å². The molecule has 0 bridgehead atoms. The fourth-order valence-electron chi connectivity index (χ4n) is 1.18. The first-order valence-electron chi connectivity index (χ1n) is 3.49. The van der Waals surface area contributed by atoms with Crippen molar-refractivity contribution in [1.82, 2.24) is 0 Å². The number of esters is 1. The zero-order valence-corrected chi connectivity index (χ0v) is 6.15. The van der Waals surface area contributed by atoms with Crippen molar-refractivity contribution in [3.8, 4) is 0 Å². The summed E-state index contributed by atoms with van der Waals surface area (Å²) in [6.07, 6.45) is 0.795. The molecule has 0 spiro atoms. The Hall–Kier alpha value is -1.77. The lowest BCUT2D eigenvalue weighted by Crippen LogP contribution is -1.92. The van der Waals surface area contributed by atoms with E-state index in [9.17, 15) is 4.79 Å². The van der Waals surface area contributed by atoms with Gasteiger partial charge in [-0.05, 0) is 6.07 Å². The summed E-state index contributed by atoms with van der Waals surface area (Å²) in [5, 5.41) is 8.69. The second kappa shape index (κ2) is 2.37. The van der Waals surface area contributed by atoms with Crippen molar-refractivity contribution in [2.75, 3.05) is 0 Å². The molecule has 2 rings (SSSR count). The number of fused-ring (bicyclic) bond motifs is 1. The van der Waals surface area contributed by atoms with Gasteiger partial charge >= 0.3 is 5.97 Å². The highest BCUT2D eigenvalue weighted by atomic mass is 16.5. The van der Waals surface area contributed by atoms with Gasteiger partial charge in [-0.1, -0.05) is 18.2 Å². The van der Waals surface area contributed by atoms with Crippen LogP contribution >= 0.6 is 0 Å². The zero-order chi connectivity index (χ0) is 8.55. The van der Waals surface area contributed by atoms with Gasteiger partial charge in [0, 0.05) is 5.56 Å². The monoisotopic (exact) mass is 162 g/mol. The molecule has 1 N–H and O–H groups in total. The molecule has 1 aliphatic rings. The highest BCUT2D eigenvalue weighted by Crippen LogP contribution is 2.28. The normalized spacial score (nSPS) is 17.7. The smallest absolute Gasteiger partial charge is 0.344 e. The second-order valence-corrected chi connectivity index (χ2v) is 2.43. The van der Waals surface area contributed by atoms with Crippen LogP contribution < -0.4 is 0 Å². The molecule has 0 amide bonds. The maximum Gasteiger partial charge on any atom is 0.344 e. The molecule has 60 valence electrons. The molecule has 1 aliphatic heterocycles. The Labute approximate surface area is 68.9 Å². The lowest BCUT2D eigenvalue weighted by atomic mass is 10.1. The van der Waals surface area contributed by atoms with Crippen LogP contribution in [0.5, 0.6) is 0 Å². The Kier molecular flexibility index (Phi) is 1.37. The van der Waals surface area contributed by atoms with Crippen molar-refractivity contribution >= 4 is 11.7 Å². The van der Waals surface area contributed by atoms with Gasteiger partial charge in [-0.25, -0.2) is 4.79 Å². The maximum absolute atomic E-state index is 11.1. The van der Waals surface area contributed by atoms with Crippen LogP contribution in [0.4, 0.5) is 0 Å². The lowest BCUT2D eigenvalue weighted by molar-refractivity contribution is 0.0712. The summed E-state index contributed by atoms with van der Waals surface area (Å²) in [6.45, 7) is 0. The van der Waals surface area contributed by atoms with E-state index in [2.05, 4.69) is 0 Å². The van der Waals surface area contributed by atoms with E-state index < -0.39 is 5.97 Å². The van der Waals surface area contributed by atoms with E-state index in [0.717, 1.165) is 6.26 Å². The fraction of sp³-hybridized carbons (Fsp3) is 0.